The van der Waals surface area contributed by atoms with Crippen LogP contribution >= 0.6 is 0 Å². The smallest absolute Gasteiger partial charge is 0.423 e. The van der Waals surface area contributed by atoms with Crippen molar-refractivity contribution >= 4 is 11.6 Å². The van der Waals surface area contributed by atoms with E-state index in [0.717, 1.165) is 0 Å². The molecule has 1 heterocycles. The second kappa shape index (κ2) is 7.96. The molecule has 0 atom stereocenters. The van der Waals surface area contributed by atoms with Crippen molar-refractivity contribution in [1.82, 2.24) is 9.97 Å². The Bertz CT molecular complexity index is 1000. The molecular weight excluding hydrogens is 369 g/mol. The fourth-order valence-corrected chi connectivity index (χ4v) is 2.52. The zero-order chi connectivity index (χ0) is 20.1. The minimum absolute atomic E-state index is 0.0150. The molecule has 5 nitrogen and oxygen atoms in total. The van der Waals surface area contributed by atoms with Crippen molar-refractivity contribution in [1.29, 1.82) is 5.26 Å². The number of hydrogen-bond acceptors (Lipinski definition) is 5. The van der Waals surface area contributed by atoms with Gasteiger partial charge in [-0.1, -0.05) is 42.5 Å². The molecule has 0 saturated carbocycles. The highest BCUT2D eigenvalue weighted by molar-refractivity contribution is 5.65. The SMILES string of the molecule is CN(c1ncc(C(F)(F)F)c(OCc2ccccc2)n1)c1ccccc1C#N. The van der Waals surface area contributed by atoms with Gasteiger partial charge >= 0.3 is 6.18 Å². The van der Waals surface area contributed by atoms with Gasteiger partial charge in [0.25, 0.3) is 0 Å². The van der Waals surface area contributed by atoms with Crippen LogP contribution in [0.15, 0.2) is 60.8 Å². The first-order chi connectivity index (χ1) is 13.4. The Balaban J connectivity index is 1.96. The molecule has 142 valence electrons. The van der Waals surface area contributed by atoms with Gasteiger partial charge in [-0.2, -0.15) is 23.4 Å². The Morgan fingerprint density at radius 3 is 2.43 bits per heavy atom. The normalized spacial score (nSPS) is 11.0. The van der Waals surface area contributed by atoms with Gasteiger partial charge in [-0.3, -0.25) is 0 Å². The molecular formula is C20H15F3N4O. The number of halogens is 3. The van der Waals surface area contributed by atoms with Crippen molar-refractivity contribution in [3.05, 3.63) is 77.5 Å². The predicted octanol–water partition coefficient (Wildman–Crippen LogP) is 4.71. The number of anilines is 2. The highest BCUT2D eigenvalue weighted by atomic mass is 19.4. The highest BCUT2D eigenvalue weighted by Crippen LogP contribution is 2.36. The molecule has 3 rings (SSSR count). The quantitative estimate of drug-likeness (QED) is 0.637. The number of hydrogen-bond donors (Lipinski definition) is 0. The molecule has 0 amide bonds. The van der Waals surface area contributed by atoms with Crippen LogP contribution in [-0.2, 0) is 12.8 Å². The monoisotopic (exact) mass is 384 g/mol. The Morgan fingerprint density at radius 1 is 1.07 bits per heavy atom. The topological polar surface area (TPSA) is 62.0 Å². The van der Waals surface area contributed by atoms with E-state index in [1.54, 1.807) is 61.6 Å². The standard InChI is InChI=1S/C20H15F3N4O/c1-27(17-10-6-5-9-15(17)11-24)19-25-12-16(20(21,22)23)18(26-19)28-13-14-7-3-2-4-8-14/h2-10,12H,13H2,1H3. The maximum absolute atomic E-state index is 13.3. The van der Waals surface area contributed by atoms with E-state index in [-0.39, 0.29) is 12.6 Å². The molecule has 2 aromatic carbocycles. The number of nitrogens with zero attached hydrogens (tertiary/aromatic N) is 4. The van der Waals surface area contributed by atoms with Crippen molar-refractivity contribution in [3.8, 4) is 11.9 Å². The van der Waals surface area contributed by atoms with Gasteiger partial charge in [0.1, 0.15) is 18.2 Å². The van der Waals surface area contributed by atoms with Crippen LogP contribution in [0.1, 0.15) is 16.7 Å². The molecule has 0 aliphatic rings. The minimum atomic E-state index is -4.66. The van der Waals surface area contributed by atoms with Gasteiger partial charge in [-0.25, -0.2) is 4.98 Å². The molecule has 8 heteroatoms. The van der Waals surface area contributed by atoms with Crippen molar-refractivity contribution < 1.29 is 17.9 Å². The molecule has 0 fully saturated rings. The first-order valence-electron chi connectivity index (χ1n) is 8.24. The first-order valence-corrected chi connectivity index (χ1v) is 8.24. The number of aromatic nitrogens is 2. The average Bonchev–Trinajstić information content (AvgIpc) is 2.71. The number of benzene rings is 2. The molecule has 0 bridgehead atoms. The third-order valence-corrected chi connectivity index (χ3v) is 3.95. The van der Waals surface area contributed by atoms with E-state index in [2.05, 4.69) is 9.97 Å². The zero-order valence-electron chi connectivity index (χ0n) is 14.8. The van der Waals surface area contributed by atoms with E-state index in [4.69, 9.17) is 4.74 Å². The van der Waals surface area contributed by atoms with Crippen molar-refractivity contribution in [2.45, 2.75) is 12.8 Å². The largest absolute Gasteiger partial charge is 0.472 e. The fraction of sp³-hybridized carbons (Fsp3) is 0.150. The van der Waals surface area contributed by atoms with E-state index >= 15 is 0 Å². The van der Waals surface area contributed by atoms with E-state index in [9.17, 15) is 18.4 Å². The summed E-state index contributed by atoms with van der Waals surface area (Å²) in [5, 5.41) is 9.24. The molecule has 0 saturated heterocycles. The number of para-hydroxylation sites is 1. The number of nitriles is 1. The summed E-state index contributed by atoms with van der Waals surface area (Å²) in [4.78, 5) is 9.23. The summed E-state index contributed by atoms with van der Waals surface area (Å²) in [5.74, 6) is -0.582. The van der Waals surface area contributed by atoms with Crippen LogP contribution in [0.25, 0.3) is 0 Å². The second-order valence-corrected chi connectivity index (χ2v) is 5.85. The van der Waals surface area contributed by atoms with Gasteiger partial charge in [-0.05, 0) is 17.7 Å². The summed E-state index contributed by atoms with van der Waals surface area (Å²) >= 11 is 0. The Labute approximate surface area is 159 Å². The van der Waals surface area contributed by atoms with Gasteiger partial charge in [0.15, 0.2) is 0 Å². The van der Waals surface area contributed by atoms with Crippen LogP contribution in [0.4, 0.5) is 24.8 Å². The molecule has 0 unspecified atom stereocenters. The second-order valence-electron chi connectivity index (χ2n) is 5.85. The van der Waals surface area contributed by atoms with Crippen molar-refractivity contribution in [2.24, 2.45) is 0 Å². The minimum Gasteiger partial charge on any atom is -0.472 e. The van der Waals surface area contributed by atoms with Gasteiger partial charge < -0.3 is 9.64 Å². The lowest BCUT2D eigenvalue weighted by molar-refractivity contribution is -0.139. The van der Waals surface area contributed by atoms with Gasteiger partial charge in [-0.15, -0.1) is 0 Å². The van der Waals surface area contributed by atoms with Crippen LogP contribution in [0.2, 0.25) is 0 Å². The molecule has 3 aromatic rings. The maximum atomic E-state index is 13.3. The number of rotatable bonds is 5. The lowest BCUT2D eigenvalue weighted by Crippen LogP contribution is -2.17. The van der Waals surface area contributed by atoms with Gasteiger partial charge in [0.05, 0.1) is 11.3 Å². The summed E-state index contributed by atoms with van der Waals surface area (Å²) in [6.07, 6.45) is -3.97. The van der Waals surface area contributed by atoms with Crippen LogP contribution < -0.4 is 9.64 Å². The molecule has 0 N–H and O–H groups in total. The van der Waals surface area contributed by atoms with E-state index in [1.165, 1.54) is 4.90 Å². The summed E-state index contributed by atoms with van der Waals surface area (Å²) < 4.78 is 45.4. The maximum Gasteiger partial charge on any atom is 0.423 e. The zero-order valence-corrected chi connectivity index (χ0v) is 14.8. The Hall–Kier alpha value is -3.60. The summed E-state index contributed by atoms with van der Waals surface area (Å²) in [5.41, 5.74) is 0.465. The summed E-state index contributed by atoms with van der Waals surface area (Å²) in [7, 11) is 1.57. The van der Waals surface area contributed by atoms with Crippen LogP contribution in [0.5, 0.6) is 5.88 Å². The molecule has 0 aliphatic heterocycles. The molecule has 1 aromatic heterocycles. The highest BCUT2D eigenvalue weighted by Gasteiger charge is 2.36. The summed E-state index contributed by atoms with van der Waals surface area (Å²) in [6, 6.07) is 17.5. The lowest BCUT2D eigenvalue weighted by atomic mass is 10.2. The van der Waals surface area contributed by atoms with E-state index in [0.29, 0.717) is 23.0 Å². The van der Waals surface area contributed by atoms with Crippen LogP contribution in [-0.4, -0.2) is 17.0 Å². The summed E-state index contributed by atoms with van der Waals surface area (Å²) in [6.45, 7) is -0.0706. The van der Waals surface area contributed by atoms with Gasteiger partial charge in [0, 0.05) is 13.2 Å². The van der Waals surface area contributed by atoms with E-state index in [1.807, 2.05) is 6.07 Å². The third kappa shape index (κ3) is 4.20. The molecule has 0 spiro atoms. The predicted molar refractivity (Wildman–Crippen MR) is 97.0 cm³/mol. The molecule has 0 radical (unpaired) electrons. The Kier molecular flexibility index (Phi) is 5.45. The van der Waals surface area contributed by atoms with Crippen LogP contribution in [0, 0.1) is 11.3 Å². The molecule has 0 aliphatic carbocycles. The van der Waals surface area contributed by atoms with Crippen molar-refractivity contribution in [3.63, 3.8) is 0 Å². The van der Waals surface area contributed by atoms with Crippen LogP contribution in [0.3, 0.4) is 0 Å². The number of alkyl halides is 3. The van der Waals surface area contributed by atoms with E-state index < -0.39 is 17.6 Å². The number of ether oxygens (including phenoxy) is 1. The first kappa shape index (κ1) is 19.2. The Morgan fingerprint density at radius 2 is 1.75 bits per heavy atom. The molecule has 28 heavy (non-hydrogen) atoms. The lowest BCUT2D eigenvalue weighted by Gasteiger charge is -2.20. The van der Waals surface area contributed by atoms with Gasteiger partial charge in [0.2, 0.25) is 11.8 Å². The average molecular weight is 384 g/mol. The van der Waals surface area contributed by atoms with Crippen molar-refractivity contribution in [2.75, 3.05) is 11.9 Å². The third-order valence-electron chi connectivity index (χ3n) is 3.95. The fourth-order valence-electron chi connectivity index (χ4n) is 2.52.